The van der Waals surface area contributed by atoms with E-state index in [2.05, 4.69) is 58.5 Å². The molecule has 1 aromatic carbocycles. The molecule has 21 N–H and O–H groups in total. The highest BCUT2D eigenvalue weighted by molar-refractivity contribution is 5.99. The predicted octanol–water partition coefficient (Wildman–Crippen LogP) is -7.08. The summed E-state index contributed by atoms with van der Waals surface area (Å²) in [7, 11) is 0. The van der Waals surface area contributed by atoms with Crippen LogP contribution >= 0.6 is 0 Å². The molecule has 2 aliphatic heterocycles. The Morgan fingerprint density at radius 1 is 0.613 bits per heavy atom. The largest absolute Gasteiger partial charge is 0.391 e. The minimum atomic E-state index is -1.66. The smallest absolute Gasteiger partial charge is 0.245 e. The summed E-state index contributed by atoms with van der Waals surface area (Å²) in [6, 6.07) is -4.48. The number of carbonyl (C=O) groups is 10. The lowest BCUT2D eigenvalue weighted by Gasteiger charge is -2.28. The van der Waals surface area contributed by atoms with Gasteiger partial charge < -0.3 is 91.6 Å². The van der Waals surface area contributed by atoms with Gasteiger partial charge in [0.2, 0.25) is 59.1 Å². The van der Waals surface area contributed by atoms with E-state index in [-0.39, 0.29) is 70.6 Å². The summed E-state index contributed by atoms with van der Waals surface area (Å²) in [4.78, 5) is 139. The first-order valence-corrected chi connectivity index (χ1v) is 25.6. The van der Waals surface area contributed by atoms with E-state index in [0.717, 1.165) is 0 Å². The topological polar surface area (TPSA) is 448 Å². The van der Waals surface area contributed by atoms with Gasteiger partial charge in [-0.3, -0.25) is 47.9 Å². The third kappa shape index (κ3) is 20.7. The number of hydrogen-bond donors (Lipinski definition) is 17. The molecule has 0 aliphatic carbocycles. The van der Waals surface area contributed by atoms with Crippen LogP contribution in [0.3, 0.4) is 0 Å². The summed E-state index contributed by atoms with van der Waals surface area (Å²) in [6.07, 6.45) is -3.58. The summed E-state index contributed by atoms with van der Waals surface area (Å²) >= 11 is 0. The van der Waals surface area contributed by atoms with Crippen molar-refractivity contribution in [2.24, 2.45) is 34.8 Å². The lowest BCUT2D eigenvalue weighted by Crippen LogP contribution is -2.61. The van der Waals surface area contributed by atoms with Gasteiger partial charge in [-0.05, 0) is 103 Å². The van der Waals surface area contributed by atoms with Gasteiger partial charge in [-0.25, -0.2) is 0 Å². The Morgan fingerprint density at radius 3 is 1.64 bits per heavy atom. The first kappa shape index (κ1) is 62.9. The molecule has 0 radical (unpaired) electrons. The molecule has 12 atom stereocenters. The van der Waals surface area contributed by atoms with Gasteiger partial charge in [-0.1, -0.05) is 44.2 Å². The van der Waals surface area contributed by atoms with Gasteiger partial charge in [0.25, 0.3) is 0 Å². The lowest BCUT2D eigenvalue weighted by atomic mass is 10.00. The van der Waals surface area contributed by atoms with Crippen LogP contribution in [0.25, 0.3) is 0 Å². The maximum atomic E-state index is 14.4. The maximum Gasteiger partial charge on any atom is 0.245 e. The van der Waals surface area contributed by atoms with E-state index in [0.29, 0.717) is 25.1 Å². The third-order valence-corrected chi connectivity index (χ3v) is 12.5. The highest BCUT2D eigenvalue weighted by atomic mass is 16.3. The van der Waals surface area contributed by atoms with Crippen LogP contribution in [0, 0.1) is 11.8 Å². The van der Waals surface area contributed by atoms with Gasteiger partial charge in [-0.2, -0.15) is 0 Å². The van der Waals surface area contributed by atoms with E-state index in [4.69, 9.17) is 22.9 Å². The van der Waals surface area contributed by atoms with E-state index in [1.165, 1.54) is 13.8 Å². The molecular formula is C48H81N15O12. The number of carbonyl (C=O) groups excluding carboxylic acids is 10. The molecule has 2 aliphatic rings. The fourth-order valence-corrected chi connectivity index (χ4v) is 8.33. The molecular weight excluding hydrogens is 979 g/mol. The number of rotatable bonds is 20. The van der Waals surface area contributed by atoms with Crippen molar-refractivity contribution in [3.8, 4) is 0 Å². The standard InChI is InChI=1S/C48H81N15O12/c1-25(2)22-35-45(72)57-30(10-16-49)40(67)56-33(13-19-52)44(71)63-37(26(3)64)47(74)54-21-15-34(43(70)55-31(11-17-50)42(69)61-36(46(73)60-35)23-28-8-6-5-7-9-28)58-41(68)32(12-18-51)59-48(75)38(27(4)65)62-39(66)29-14-20-53-24-29/h5-9,25-27,29-38,53,64-65H,10-24,49-52H2,1-4H3,(H,54,74)(H,55,70)(H,56,67)(H,57,72)(H,58,68)(H,59,75)(H,60,73)(H,61,69)(H,62,66)(H,63,71)/t26?,27?,29?,30-,31-,32-,33-,34-,35-,36+,37-,38-/m0/s1. The molecule has 1 aromatic rings. The maximum absolute atomic E-state index is 14.4. The van der Waals surface area contributed by atoms with Crippen LogP contribution in [0.15, 0.2) is 30.3 Å². The van der Waals surface area contributed by atoms with Gasteiger partial charge in [0.05, 0.1) is 18.1 Å². The number of nitrogens with two attached hydrogens (primary N) is 4. The second-order valence-electron chi connectivity index (χ2n) is 19.3. The van der Waals surface area contributed by atoms with Crippen LogP contribution in [0.1, 0.15) is 78.2 Å². The monoisotopic (exact) mass is 1060 g/mol. The molecule has 0 saturated carbocycles. The van der Waals surface area contributed by atoms with Crippen LogP contribution in [0.5, 0.6) is 0 Å². The van der Waals surface area contributed by atoms with Crippen LogP contribution < -0.4 is 81.4 Å². The number of aliphatic hydroxyl groups excluding tert-OH is 2. The fraction of sp³-hybridized carbons (Fsp3) is 0.667. The molecule has 2 heterocycles. The molecule has 27 heteroatoms. The molecule has 75 heavy (non-hydrogen) atoms. The van der Waals surface area contributed by atoms with Gasteiger partial charge in [0.15, 0.2) is 0 Å². The zero-order chi connectivity index (χ0) is 55.8. The lowest BCUT2D eigenvalue weighted by molar-refractivity contribution is -0.136. The average Bonchev–Trinajstić information content (AvgIpc) is 3.91. The highest BCUT2D eigenvalue weighted by Gasteiger charge is 2.37. The predicted molar refractivity (Wildman–Crippen MR) is 274 cm³/mol. The molecule has 3 rings (SSSR count). The van der Waals surface area contributed by atoms with Crippen molar-refractivity contribution in [2.75, 3.05) is 45.8 Å². The Labute approximate surface area is 436 Å². The Balaban J connectivity index is 2.11. The molecule has 0 spiro atoms. The zero-order valence-corrected chi connectivity index (χ0v) is 43.3. The van der Waals surface area contributed by atoms with E-state index in [1.807, 2.05) is 0 Å². The second-order valence-corrected chi connectivity index (χ2v) is 19.3. The van der Waals surface area contributed by atoms with Crippen LogP contribution in [-0.4, -0.2) is 182 Å². The van der Waals surface area contributed by atoms with Gasteiger partial charge in [0.1, 0.15) is 54.4 Å². The van der Waals surface area contributed by atoms with Crippen molar-refractivity contribution >= 4 is 59.1 Å². The van der Waals surface area contributed by atoms with E-state index < -0.39 is 145 Å². The fourth-order valence-electron chi connectivity index (χ4n) is 8.33. The summed E-state index contributed by atoms with van der Waals surface area (Å²) in [5.74, 6) is -9.29. The molecule has 420 valence electrons. The van der Waals surface area contributed by atoms with Crippen molar-refractivity contribution < 1.29 is 58.2 Å². The SMILES string of the molecule is CC(C)C[C@@H]1NC(=O)[C@@H](Cc2ccccc2)NC(=O)[C@H](CCN)NC(=O)[C@@H](NC(=O)[C@H](CCN)NC(=O)[C@@H](NC(=O)C2CCNC2)C(C)O)CCNC(=O)[C@H](C(C)O)NC(=O)[C@H](CCN)NC(=O)[C@H](CCN)NC1=O. The van der Waals surface area contributed by atoms with Crippen molar-refractivity contribution in [1.82, 2.24) is 58.5 Å². The summed E-state index contributed by atoms with van der Waals surface area (Å²) in [6.45, 7) is 6.02. The number of amides is 10. The van der Waals surface area contributed by atoms with Gasteiger partial charge in [0, 0.05) is 19.5 Å². The Bertz CT molecular complexity index is 2080. The molecule has 2 fully saturated rings. The van der Waals surface area contributed by atoms with Crippen molar-refractivity contribution in [2.45, 2.75) is 146 Å². The average molecular weight is 1060 g/mol. The summed E-state index contributed by atoms with van der Waals surface area (Å²) in [5.41, 5.74) is 24.0. The van der Waals surface area contributed by atoms with Crippen molar-refractivity contribution in [1.29, 1.82) is 0 Å². The quantitative estimate of drug-likeness (QED) is 0.0577. The molecule has 0 aromatic heterocycles. The Hall–Kier alpha value is -6.36. The van der Waals surface area contributed by atoms with Crippen LogP contribution in [0.4, 0.5) is 0 Å². The Kier molecular flexibility index (Phi) is 27.0. The van der Waals surface area contributed by atoms with Crippen LogP contribution in [-0.2, 0) is 54.4 Å². The number of nitrogens with one attached hydrogen (secondary N) is 11. The normalized spacial score (nSPS) is 25.6. The number of hydrogen-bond acceptors (Lipinski definition) is 17. The summed E-state index contributed by atoms with van der Waals surface area (Å²) < 4.78 is 0. The number of aliphatic hydroxyl groups is 2. The number of benzene rings is 1. The van der Waals surface area contributed by atoms with Gasteiger partial charge in [-0.15, -0.1) is 0 Å². The van der Waals surface area contributed by atoms with Gasteiger partial charge >= 0.3 is 0 Å². The Morgan fingerprint density at radius 2 is 1.13 bits per heavy atom. The second kappa shape index (κ2) is 32.2. The van der Waals surface area contributed by atoms with Crippen molar-refractivity contribution in [3.05, 3.63) is 35.9 Å². The molecule has 2 saturated heterocycles. The zero-order valence-electron chi connectivity index (χ0n) is 43.3. The highest BCUT2D eigenvalue weighted by Crippen LogP contribution is 2.12. The molecule has 3 unspecified atom stereocenters. The third-order valence-electron chi connectivity index (χ3n) is 12.5. The molecule has 27 nitrogen and oxygen atoms in total. The molecule has 0 bridgehead atoms. The van der Waals surface area contributed by atoms with Crippen molar-refractivity contribution in [3.63, 3.8) is 0 Å². The first-order valence-electron chi connectivity index (χ1n) is 25.6. The minimum Gasteiger partial charge on any atom is -0.391 e. The minimum absolute atomic E-state index is 0.0619. The van der Waals surface area contributed by atoms with E-state index >= 15 is 0 Å². The molecule has 10 amide bonds. The summed E-state index contributed by atoms with van der Waals surface area (Å²) in [5, 5.41) is 49.9. The first-order chi connectivity index (χ1) is 35.6. The van der Waals surface area contributed by atoms with E-state index in [9.17, 15) is 58.2 Å². The van der Waals surface area contributed by atoms with E-state index in [1.54, 1.807) is 44.2 Å². The van der Waals surface area contributed by atoms with Crippen LogP contribution in [0.2, 0.25) is 0 Å².